The standard InChI is InChI=1S/C30H31F3N4O4/c1-19-14-25(40-17-22-23(32)10-7-11-24(22)33)27-35-20(2)26(37(27)15-19)28(38)34-18-30(3,12-13-31)36-29(39)41-16-21-8-5-4-6-9-21/h4-11,14-15H,12-13,16-18H2,1-3H3,(H,34,38)(H,36,39). The fourth-order valence-electron chi connectivity index (χ4n) is 4.33. The highest BCUT2D eigenvalue weighted by atomic mass is 19.1. The lowest BCUT2D eigenvalue weighted by Gasteiger charge is -2.29. The second kappa shape index (κ2) is 12.8. The first kappa shape index (κ1) is 29.4. The lowest BCUT2D eigenvalue weighted by atomic mass is 9.98. The highest BCUT2D eigenvalue weighted by Gasteiger charge is 2.29. The van der Waals surface area contributed by atoms with Crippen LogP contribution in [0.1, 0.15) is 46.2 Å². The van der Waals surface area contributed by atoms with Crippen LogP contribution in [0.4, 0.5) is 18.0 Å². The molecule has 2 N–H and O–H groups in total. The van der Waals surface area contributed by atoms with Crippen molar-refractivity contribution in [2.75, 3.05) is 13.2 Å². The molecule has 0 aliphatic heterocycles. The smallest absolute Gasteiger partial charge is 0.407 e. The summed E-state index contributed by atoms with van der Waals surface area (Å²) in [4.78, 5) is 30.2. The van der Waals surface area contributed by atoms with Gasteiger partial charge in [-0.3, -0.25) is 13.6 Å². The Morgan fingerprint density at radius 1 is 1.02 bits per heavy atom. The maximum Gasteiger partial charge on any atom is 0.407 e. The molecule has 2 heterocycles. The fraction of sp³-hybridized carbons (Fsp3) is 0.300. The summed E-state index contributed by atoms with van der Waals surface area (Å²) in [6.07, 6.45) is 0.873. The molecule has 0 saturated carbocycles. The molecule has 1 atom stereocenters. The summed E-state index contributed by atoms with van der Waals surface area (Å²) in [6, 6.07) is 14.3. The van der Waals surface area contributed by atoms with Crippen LogP contribution in [-0.2, 0) is 18.0 Å². The number of imidazole rings is 1. The van der Waals surface area contributed by atoms with Crippen molar-refractivity contribution >= 4 is 17.6 Å². The summed E-state index contributed by atoms with van der Waals surface area (Å²) >= 11 is 0. The van der Waals surface area contributed by atoms with E-state index in [0.717, 1.165) is 17.7 Å². The predicted molar refractivity (Wildman–Crippen MR) is 146 cm³/mol. The van der Waals surface area contributed by atoms with Gasteiger partial charge in [0, 0.05) is 19.2 Å². The number of hydrogen-bond acceptors (Lipinski definition) is 5. The topological polar surface area (TPSA) is 94.0 Å². The number of amides is 2. The molecule has 0 radical (unpaired) electrons. The van der Waals surface area contributed by atoms with Gasteiger partial charge in [-0.25, -0.2) is 18.6 Å². The number of alkyl halides is 1. The molecule has 0 aliphatic rings. The minimum absolute atomic E-state index is 0.0407. The van der Waals surface area contributed by atoms with Crippen LogP contribution in [0.15, 0.2) is 60.8 Å². The number of nitrogens with one attached hydrogen (secondary N) is 2. The minimum Gasteiger partial charge on any atom is -0.485 e. The van der Waals surface area contributed by atoms with Crippen LogP contribution >= 0.6 is 0 Å². The van der Waals surface area contributed by atoms with Crippen LogP contribution in [0.2, 0.25) is 0 Å². The van der Waals surface area contributed by atoms with E-state index in [9.17, 15) is 22.8 Å². The van der Waals surface area contributed by atoms with Gasteiger partial charge in [0.2, 0.25) is 0 Å². The van der Waals surface area contributed by atoms with E-state index in [-0.39, 0.29) is 48.8 Å². The van der Waals surface area contributed by atoms with Crippen molar-refractivity contribution in [1.82, 2.24) is 20.0 Å². The van der Waals surface area contributed by atoms with Crippen LogP contribution in [-0.4, -0.2) is 40.1 Å². The fourth-order valence-corrected chi connectivity index (χ4v) is 4.33. The van der Waals surface area contributed by atoms with E-state index in [1.807, 2.05) is 30.3 Å². The van der Waals surface area contributed by atoms with Gasteiger partial charge in [-0.05, 0) is 50.1 Å². The number of aromatic nitrogens is 2. The summed E-state index contributed by atoms with van der Waals surface area (Å²) in [5.74, 6) is -1.75. The molecule has 1 unspecified atom stereocenters. The Balaban J connectivity index is 1.48. The SMILES string of the molecule is Cc1cc(OCc2c(F)cccc2F)c2nc(C)c(C(=O)NCC(C)(CCF)NC(=O)OCc3ccccc3)n2c1. The van der Waals surface area contributed by atoms with Crippen molar-refractivity contribution in [2.24, 2.45) is 0 Å². The third-order valence-electron chi connectivity index (χ3n) is 6.55. The van der Waals surface area contributed by atoms with Crippen molar-refractivity contribution in [3.05, 3.63) is 101 Å². The molecule has 0 fully saturated rings. The molecule has 0 aliphatic carbocycles. The molecule has 4 aromatic rings. The summed E-state index contributed by atoms with van der Waals surface area (Å²) < 4.78 is 54.2. The highest BCUT2D eigenvalue weighted by molar-refractivity contribution is 5.95. The minimum atomic E-state index is -1.14. The number of pyridine rings is 1. The summed E-state index contributed by atoms with van der Waals surface area (Å²) in [5, 5.41) is 5.41. The average molecular weight is 569 g/mol. The molecule has 11 heteroatoms. The number of hydrogen-bond donors (Lipinski definition) is 2. The summed E-state index contributed by atoms with van der Waals surface area (Å²) in [7, 11) is 0. The molecule has 2 amide bonds. The first-order valence-electron chi connectivity index (χ1n) is 13.0. The number of carbonyl (C=O) groups excluding carboxylic acids is 2. The van der Waals surface area contributed by atoms with Crippen LogP contribution in [0.3, 0.4) is 0 Å². The Bertz CT molecular complexity index is 1520. The van der Waals surface area contributed by atoms with E-state index in [4.69, 9.17) is 9.47 Å². The molecule has 0 bridgehead atoms. The third-order valence-corrected chi connectivity index (χ3v) is 6.55. The number of fused-ring (bicyclic) bond motifs is 1. The van der Waals surface area contributed by atoms with Gasteiger partial charge in [-0.2, -0.15) is 0 Å². The summed E-state index contributed by atoms with van der Waals surface area (Å²) in [6.45, 7) is 3.86. The monoisotopic (exact) mass is 568 g/mol. The van der Waals surface area contributed by atoms with E-state index in [0.29, 0.717) is 11.3 Å². The molecule has 8 nitrogen and oxygen atoms in total. The predicted octanol–water partition coefficient (Wildman–Crippen LogP) is 5.58. The van der Waals surface area contributed by atoms with Gasteiger partial charge in [0.25, 0.3) is 5.91 Å². The van der Waals surface area contributed by atoms with Gasteiger partial charge in [-0.15, -0.1) is 0 Å². The van der Waals surface area contributed by atoms with E-state index in [1.165, 1.54) is 10.5 Å². The molecule has 0 spiro atoms. The van der Waals surface area contributed by atoms with Crippen molar-refractivity contribution in [2.45, 2.75) is 45.9 Å². The maximum absolute atomic E-state index is 14.1. The van der Waals surface area contributed by atoms with E-state index in [2.05, 4.69) is 15.6 Å². The summed E-state index contributed by atoms with van der Waals surface area (Å²) in [5.41, 5.74) is 0.986. The quantitative estimate of drug-likeness (QED) is 0.246. The zero-order valence-electron chi connectivity index (χ0n) is 23.0. The lowest BCUT2D eigenvalue weighted by Crippen LogP contribution is -2.54. The second-order valence-corrected chi connectivity index (χ2v) is 9.98. The third kappa shape index (κ3) is 7.16. The average Bonchev–Trinajstić information content (AvgIpc) is 3.26. The second-order valence-electron chi connectivity index (χ2n) is 9.98. The molecule has 41 heavy (non-hydrogen) atoms. The molecular weight excluding hydrogens is 537 g/mol. The van der Waals surface area contributed by atoms with Gasteiger partial charge < -0.3 is 20.1 Å². The van der Waals surface area contributed by atoms with Crippen molar-refractivity contribution in [1.29, 1.82) is 0 Å². The number of nitrogens with zero attached hydrogens (tertiary/aromatic N) is 2. The zero-order chi connectivity index (χ0) is 29.6. The number of halogens is 3. The molecule has 2 aromatic heterocycles. The van der Waals surface area contributed by atoms with Gasteiger partial charge in [-0.1, -0.05) is 36.4 Å². The molecule has 2 aromatic carbocycles. The van der Waals surface area contributed by atoms with Crippen LogP contribution in [0.5, 0.6) is 5.75 Å². The number of aryl methyl sites for hydroxylation is 2. The Labute approximate surface area is 235 Å². The molecule has 0 saturated heterocycles. The lowest BCUT2D eigenvalue weighted by molar-refractivity contribution is 0.0919. The van der Waals surface area contributed by atoms with Gasteiger partial charge >= 0.3 is 6.09 Å². The van der Waals surface area contributed by atoms with Gasteiger partial charge in [0.05, 0.1) is 23.5 Å². The normalized spacial score (nSPS) is 12.5. The Morgan fingerprint density at radius 3 is 2.41 bits per heavy atom. The van der Waals surface area contributed by atoms with Crippen LogP contribution in [0.25, 0.3) is 5.65 Å². The Morgan fingerprint density at radius 2 is 1.73 bits per heavy atom. The van der Waals surface area contributed by atoms with E-state index in [1.54, 1.807) is 33.0 Å². The van der Waals surface area contributed by atoms with E-state index >= 15 is 0 Å². The van der Waals surface area contributed by atoms with Crippen LogP contribution in [0, 0.1) is 25.5 Å². The number of rotatable bonds is 11. The number of benzene rings is 2. The first-order chi connectivity index (χ1) is 19.6. The largest absolute Gasteiger partial charge is 0.485 e. The molecule has 4 rings (SSSR count). The van der Waals surface area contributed by atoms with Crippen molar-refractivity contribution < 1.29 is 32.2 Å². The van der Waals surface area contributed by atoms with Gasteiger partial charge in [0.15, 0.2) is 11.4 Å². The zero-order valence-corrected chi connectivity index (χ0v) is 23.0. The first-order valence-corrected chi connectivity index (χ1v) is 13.0. The molecule has 216 valence electrons. The van der Waals surface area contributed by atoms with Gasteiger partial charge in [0.1, 0.15) is 30.5 Å². The number of alkyl carbamates (subject to hydrolysis) is 1. The van der Waals surface area contributed by atoms with Crippen molar-refractivity contribution in [3.8, 4) is 5.75 Å². The van der Waals surface area contributed by atoms with Crippen LogP contribution < -0.4 is 15.4 Å². The highest BCUT2D eigenvalue weighted by Crippen LogP contribution is 2.26. The molecular formula is C30H31F3N4O4. The Kier molecular flexibility index (Phi) is 9.16. The number of ether oxygens (including phenoxy) is 2. The number of carbonyl (C=O) groups is 2. The van der Waals surface area contributed by atoms with E-state index < -0.39 is 35.8 Å². The van der Waals surface area contributed by atoms with Crippen molar-refractivity contribution in [3.63, 3.8) is 0 Å². The Hall–Kier alpha value is -4.54. The maximum atomic E-state index is 14.1.